The maximum atomic E-state index is 12.0. The number of amides is 1. The summed E-state index contributed by atoms with van der Waals surface area (Å²) in [6.07, 6.45) is 1.40. The standard InChI is InChI=1S/C15H12BrN3O4/c1-23-14-7-6-11(16)8-10(14)9-17-18-15(20)12-4-2-3-5-13(12)19(21)22/h2-9H,1H3,(H,18,20). The number of hydrogen-bond donors (Lipinski definition) is 1. The number of methoxy groups -OCH3 is 1. The summed E-state index contributed by atoms with van der Waals surface area (Å²) in [5.74, 6) is -0.0839. The first-order chi connectivity index (χ1) is 11.0. The highest BCUT2D eigenvalue weighted by Crippen LogP contribution is 2.21. The molecule has 0 aromatic heterocycles. The number of hydrazone groups is 1. The van der Waals surface area contributed by atoms with E-state index in [0.717, 1.165) is 4.47 Å². The predicted octanol–water partition coefficient (Wildman–Crippen LogP) is 3.13. The van der Waals surface area contributed by atoms with E-state index in [2.05, 4.69) is 26.5 Å². The number of nitro groups is 1. The Hall–Kier alpha value is -2.74. The summed E-state index contributed by atoms with van der Waals surface area (Å²) in [5, 5.41) is 14.7. The van der Waals surface area contributed by atoms with Crippen LogP contribution in [0.25, 0.3) is 0 Å². The normalized spacial score (nSPS) is 10.5. The first-order valence-electron chi connectivity index (χ1n) is 6.43. The highest BCUT2D eigenvalue weighted by atomic mass is 79.9. The molecule has 0 atom stereocenters. The maximum absolute atomic E-state index is 12.0. The monoisotopic (exact) mass is 377 g/mol. The van der Waals surface area contributed by atoms with Crippen LogP contribution in [0.5, 0.6) is 5.75 Å². The Labute approximate surface area is 140 Å². The van der Waals surface area contributed by atoms with Crippen LogP contribution in [0, 0.1) is 10.1 Å². The van der Waals surface area contributed by atoms with Crippen molar-refractivity contribution in [2.45, 2.75) is 0 Å². The molecule has 0 radical (unpaired) electrons. The Balaban J connectivity index is 2.17. The Bertz CT molecular complexity index is 777. The average molecular weight is 378 g/mol. The van der Waals surface area contributed by atoms with Crippen LogP contribution in [0.1, 0.15) is 15.9 Å². The van der Waals surface area contributed by atoms with Crippen LogP contribution in [0.15, 0.2) is 52.0 Å². The van der Waals surface area contributed by atoms with Crippen molar-refractivity contribution in [2.24, 2.45) is 5.10 Å². The van der Waals surface area contributed by atoms with Crippen LogP contribution in [0.4, 0.5) is 5.69 Å². The van der Waals surface area contributed by atoms with Crippen LogP contribution in [0.3, 0.4) is 0 Å². The molecule has 0 heterocycles. The summed E-state index contributed by atoms with van der Waals surface area (Å²) < 4.78 is 6.00. The van der Waals surface area contributed by atoms with Crippen LogP contribution >= 0.6 is 15.9 Å². The van der Waals surface area contributed by atoms with Crippen LogP contribution in [0.2, 0.25) is 0 Å². The van der Waals surface area contributed by atoms with E-state index in [-0.39, 0.29) is 11.3 Å². The Morgan fingerprint density at radius 2 is 2.09 bits per heavy atom. The zero-order valence-electron chi connectivity index (χ0n) is 12.0. The predicted molar refractivity (Wildman–Crippen MR) is 88.9 cm³/mol. The molecule has 0 aliphatic rings. The Morgan fingerprint density at radius 1 is 1.35 bits per heavy atom. The highest BCUT2D eigenvalue weighted by molar-refractivity contribution is 9.10. The minimum Gasteiger partial charge on any atom is -0.496 e. The van der Waals surface area contributed by atoms with Gasteiger partial charge in [-0.25, -0.2) is 5.43 Å². The quantitative estimate of drug-likeness (QED) is 0.491. The molecule has 0 unspecified atom stereocenters. The second kappa shape index (κ2) is 7.50. The van der Waals surface area contributed by atoms with E-state index in [1.807, 2.05) is 6.07 Å². The fraction of sp³-hybridized carbons (Fsp3) is 0.0667. The number of nitrogens with one attached hydrogen (secondary N) is 1. The van der Waals surface area contributed by atoms with Gasteiger partial charge in [-0.3, -0.25) is 14.9 Å². The summed E-state index contributed by atoms with van der Waals surface area (Å²) in [4.78, 5) is 22.3. The van der Waals surface area contributed by atoms with Gasteiger partial charge < -0.3 is 4.74 Å². The SMILES string of the molecule is COc1ccc(Br)cc1C=NNC(=O)c1ccccc1[N+](=O)[O-]. The molecule has 2 aromatic rings. The molecule has 7 nitrogen and oxygen atoms in total. The Morgan fingerprint density at radius 3 is 2.78 bits per heavy atom. The minimum absolute atomic E-state index is 0.0594. The third-order valence-electron chi connectivity index (χ3n) is 2.91. The van der Waals surface area contributed by atoms with Gasteiger partial charge in [0, 0.05) is 16.1 Å². The van der Waals surface area contributed by atoms with Crippen molar-refractivity contribution in [2.75, 3.05) is 7.11 Å². The lowest BCUT2D eigenvalue weighted by atomic mass is 10.2. The van der Waals surface area contributed by atoms with Gasteiger partial charge >= 0.3 is 0 Å². The molecule has 0 aliphatic heterocycles. The maximum Gasteiger partial charge on any atom is 0.282 e. The van der Waals surface area contributed by atoms with Crippen molar-refractivity contribution in [1.82, 2.24) is 5.43 Å². The molecule has 0 saturated heterocycles. The first-order valence-corrected chi connectivity index (χ1v) is 7.22. The largest absolute Gasteiger partial charge is 0.496 e. The summed E-state index contributed by atoms with van der Waals surface area (Å²) in [7, 11) is 1.52. The smallest absolute Gasteiger partial charge is 0.282 e. The topological polar surface area (TPSA) is 93.8 Å². The van der Waals surface area contributed by atoms with Gasteiger partial charge in [0.2, 0.25) is 0 Å². The van der Waals surface area contributed by atoms with Gasteiger partial charge in [-0.1, -0.05) is 28.1 Å². The van der Waals surface area contributed by atoms with Crippen LogP contribution < -0.4 is 10.2 Å². The zero-order chi connectivity index (χ0) is 16.8. The zero-order valence-corrected chi connectivity index (χ0v) is 13.6. The molecule has 2 aromatic carbocycles. The molecule has 0 bridgehead atoms. The number of nitrogens with zero attached hydrogens (tertiary/aromatic N) is 2. The van der Waals surface area contributed by atoms with Gasteiger partial charge in [0.05, 0.1) is 18.2 Å². The number of hydrogen-bond acceptors (Lipinski definition) is 5. The van der Waals surface area contributed by atoms with Gasteiger partial charge in [-0.2, -0.15) is 5.10 Å². The molecule has 0 aliphatic carbocycles. The van der Waals surface area contributed by atoms with Crippen LogP contribution in [-0.2, 0) is 0 Å². The molecule has 23 heavy (non-hydrogen) atoms. The molecular formula is C15H12BrN3O4. The second-order valence-electron chi connectivity index (χ2n) is 4.36. The molecule has 118 valence electrons. The molecule has 2 rings (SSSR count). The van der Waals surface area contributed by atoms with E-state index in [9.17, 15) is 14.9 Å². The summed E-state index contributed by atoms with van der Waals surface area (Å²) >= 11 is 3.33. The van der Waals surface area contributed by atoms with E-state index in [0.29, 0.717) is 11.3 Å². The lowest BCUT2D eigenvalue weighted by Gasteiger charge is -2.05. The Kier molecular flexibility index (Phi) is 5.42. The van der Waals surface area contributed by atoms with Crippen LogP contribution in [-0.4, -0.2) is 24.2 Å². The number of benzene rings is 2. The minimum atomic E-state index is -0.664. The number of carbonyl (C=O) groups is 1. The van der Waals surface area contributed by atoms with Gasteiger partial charge in [-0.15, -0.1) is 0 Å². The van der Waals surface area contributed by atoms with Crippen molar-refractivity contribution in [3.05, 3.63) is 68.2 Å². The van der Waals surface area contributed by atoms with Crippen molar-refractivity contribution in [3.8, 4) is 5.75 Å². The molecule has 1 amide bonds. The van der Waals surface area contributed by atoms with E-state index in [4.69, 9.17) is 4.74 Å². The summed E-state index contributed by atoms with van der Waals surface area (Å²) in [6.45, 7) is 0. The fourth-order valence-corrected chi connectivity index (χ4v) is 2.23. The fourth-order valence-electron chi connectivity index (χ4n) is 1.85. The van der Waals surface area contributed by atoms with Crippen molar-refractivity contribution < 1.29 is 14.5 Å². The van der Waals surface area contributed by atoms with E-state index >= 15 is 0 Å². The van der Waals surface area contributed by atoms with Crippen molar-refractivity contribution in [3.63, 3.8) is 0 Å². The molecule has 0 fully saturated rings. The molecule has 8 heteroatoms. The number of carbonyl (C=O) groups excluding carboxylic acids is 1. The first kappa shape index (κ1) is 16.6. The van der Waals surface area contributed by atoms with E-state index < -0.39 is 10.8 Å². The summed E-state index contributed by atoms with van der Waals surface area (Å²) in [6, 6.07) is 11.0. The van der Waals surface area contributed by atoms with E-state index in [1.54, 1.807) is 18.2 Å². The molecular weight excluding hydrogens is 366 g/mol. The van der Waals surface area contributed by atoms with Gasteiger partial charge in [0.1, 0.15) is 11.3 Å². The number of halogens is 1. The van der Waals surface area contributed by atoms with Gasteiger partial charge in [-0.05, 0) is 24.3 Å². The van der Waals surface area contributed by atoms with Crippen molar-refractivity contribution in [1.29, 1.82) is 0 Å². The third-order valence-corrected chi connectivity index (χ3v) is 3.40. The number of nitro benzene ring substituents is 1. The summed E-state index contributed by atoms with van der Waals surface area (Å²) in [5.41, 5.74) is 2.58. The molecule has 0 saturated carbocycles. The number of para-hydroxylation sites is 1. The van der Waals surface area contributed by atoms with Gasteiger partial charge in [0.15, 0.2) is 0 Å². The third kappa shape index (κ3) is 4.13. The lowest BCUT2D eigenvalue weighted by molar-refractivity contribution is -0.385. The molecule has 0 spiro atoms. The number of ether oxygens (including phenoxy) is 1. The van der Waals surface area contributed by atoms with E-state index in [1.165, 1.54) is 31.5 Å². The lowest BCUT2D eigenvalue weighted by Crippen LogP contribution is -2.19. The average Bonchev–Trinajstić information content (AvgIpc) is 2.55. The second-order valence-corrected chi connectivity index (χ2v) is 5.28. The van der Waals surface area contributed by atoms with Crippen molar-refractivity contribution >= 4 is 33.7 Å². The molecule has 1 N–H and O–H groups in total. The highest BCUT2D eigenvalue weighted by Gasteiger charge is 2.18. The number of rotatable bonds is 5. The van der Waals surface area contributed by atoms with Gasteiger partial charge in [0.25, 0.3) is 11.6 Å².